The second kappa shape index (κ2) is 3.12. The number of nitrogens with one attached hydrogen (secondary N) is 2. The summed E-state index contributed by atoms with van der Waals surface area (Å²) in [5.41, 5.74) is 3.86. The lowest BCUT2D eigenvalue weighted by atomic mass is 10.1. The number of nitrogens with two attached hydrogens (primary N) is 1. The standard InChI is InChI=1S/C9H9N3O2/c10-12-8(13)5-1-2-6-4-11-9(14)7(6)3-5/h1-3H,4,10H2,(H,11,14)(H,12,13). The minimum atomic E-state index is -0.396. The molecule has 1 heterocycles. The van der Waals surface area contributed by atoms with Crippen molar-refractivity contribution in [3.05, 3.63) is 34.9 Å². The summed E-state index contributed by atoms with van der Waals surface area (Å²) in [4.78, 5) is 22.4. The lowest BCUT2D eigenvalue weighted by molar-refractivity contribution is 0.0953. The maximum atomic E-state index is 11.3. The maximum absolute atomic E-state index is 11.3. The van der Waals surface area contributed by atoms with Gasteiger partial charge in [0.1, 0.15) is 0 Å². The number of carbonyl (C=O) groups is 2. The Kier molecular flexibility index (Phi) is 1.94. The maximum Gasteiger partial charge on any atom is 0.265 e. The SMILES string of the molecule is NNC(=O)c1ccc2c(c1)C(=O)NC2. The summed E-state index contributed by atoms with van der Waals surface area (Å²) in [5, 5.41) is 2.67. The molecule has 1 aliphatic rings. The van der Waals surface area contributed by atoms with Crippen LogP contribution in [0.5, 0.6) is 0 Å². The molecule has 2 amide bonds. The summed E-state index contributed by atoms with van der Waals surface area (Å²) in [6.07, 6.45) is 0. The second-order valence-electron chi connectivity index (χ2n) is 3.03. The molecule has 0 fully saturated rings. The Morgan fingerprint density at radius 3 is 3.00 bits per heavy atom. The van der Waals surface area contributed by atoms with Gasteiger partial charge < -0.3 is 5.32 Å². The topological polar surface area (TPSA) is 84.2 Å². The highest BCUT2D eigenvalue weighted by Gasteiger charge is 2.19. The van der Waals surface area contributed by atoms with E-state index in [0.29, 0.717) is 17.7 Å². The zero-order chi connectivity index (χ0) is 10.1. The summed E-state index contributed by atoms with van der Waals surface area (Å²) in [7, 11) is 0. The summed E-state index contributed by atoms with van der Waals surface area (Å²) in [5.74, 6) is 4.44. The van der Waals surface area contributed by atoms with Gasteiger partial charge in [0.15, 0.2) is 0 Å². The van der Waals surface area contributed by atoms with E-state index >= 15 is 0 Å². The predicted molar refractivity (Wildman–Crippen MR) is 49.3 cm³/mol. The minimum absolute atomic E-state index is 0.147. The first kappa shape index (κ1) is 8.71. The Hall–Kier alpha value is -1.88. The molecule has 1 aromatic rings. The van der Waals surface area contributed by atoms with E-state index in [1.165, 1.54) is 0 Å². The van der Waals surface area contributed by atoms with Crippen LogP contribution < -0.4 is 16.6 Å². The van der Waals surface area contributed by atoms with Gasteiger partial charge in [0.05, 0.1) is 0 Å². The van der Waals surface area contributed by atoms with Crippen molar-refractivity contribution in [3.8, 4) is 0 Å². The van der Waals surface area contributed by atoms with Crippen LogP contribution in [0.1, 0.15) is 26.3 Å². The monoisotopic (exact) mass is 191 g/mol. The van der Waals surface area contributed by atoms with Gasteiger partial charge in [-0.2, -0.15) is 0 Å². The summed E-state index contributed by atoms with van der Waals surface area (Å²) < 4.78 is 0. The van der Waals surface area contributed by atoms with Crippen molar-refractivity contribution in [2.24, 2.45) is 5.84 Å². The molecule has 0 saturated heterocycles. The van der Waals surface area contributed by atoms with E-state index in [9.17, 15) is 9.59 Å². The Labute approximate surface area is 80.3 Å². The van der Waals surface area contributed by atoms with E-state index in [-0.39, 0.29) is 5.91 Å². The third kappa shape index (κ3) is 1.23. The number of carbonyl (C=O) groups excluding carboxylic acids is 2. The highest BCUT2D eigenvalue weighted by atomic mass is 16.2. The van der Waals surface area contributed by atoms with Gasteiger partial charge in [-0.3, -0.25) is 15.0 Å². The molecule has 0 spiro atoms. The van der Waals surface area contributed by atoms with E-state index in [0.717, 1.165) is 5.56 Å². The zero-order valence-electron chi connectivity index (χ0n) is 7.33. The third-order valence-corrected chi connectivity index (χ3v) is 2.19. The molecule has 0 bridgehead atoms. The van der Waals surface area contributed by atoms with E-state index in [1.807, 2.05) is 5.43 Å². The van der Waals surface area contributed by atoms with Gasteiger partial charge in [-0.15, -0.1) is 0 Å². The molecule has 0 radical (unpaired) electrons. The Morgan fingerprint density at radius 2 is 2.29 bits per heavy atom. The summed E-state index contributed by atoms with van der Waals surface area (Å²) in [6, 6.07) is 4.93. The van der Waals surface area contributed by atoms with Crippen LogP contribution in [-0.4, -0.2) is 11.8 Å². The molecule has 14 heavy (non-hydrogen) atoms. The number of benzene rings is 1. The highest BCUT2D eigenvalue weighted by Crippen LogP contribution is 2.16. The molecule has 0 aromatic heterocycles. The zero-order valence-corrected chi connectivity index (χ0v) is 7.33. The number of fused-ring (bicyclic) bond motifs is 1. The molecule has 0 aliphatic carbocycles. The van der Waals surface area contributed by atoms with Gasteiger partial charge in [-0.25, -0.2) is 5.84 Å². The fourth-order valence-corrected chi connectivity index (χ4v) is 1.44. The fourth-order valence-electron chi connectivity index (χ4n) is 1.44. The minimum Gasteiger partial charge on any atom is -0.348 e. The van der Waals surface area contributed by atoms with Gasteiger partial charge in [0.2, 0.25) is 0 Å². The molecule has 1 aromatic carbocycles. The Morgan fingerprint density at radius 1 is 1.50 bits per heavy atom. The van der Waals surface area contributed by atoms with E-state index in [4.69, 9.17) is 5.84 Å². The van der Waals surface area contributed by atoms with E-state index < -0.39 is 5.91 Å². The molecule has 0 unspecified atom stereocenters. The van der Waals surface area contributed by atoms with Crippen LogP contribution in [0, 0.1) is 0 Å². The van der Waals surface area contributed by atoms with Gasteiger partial charge in [0.25, 0.3) is 11.8 Å². The summed E-state index contributed by atoms with van der Waals surface area (Å²) >= 11 is 0. The van der Waals surface area contributed by atoms with Crippen molar-refractivity contribution in [3.63, 3.8) is 0 Å². The Bertz CT molecular complexity index is 415. The van der Waals surface area contributed by atoms with Crippen LogP contribution in [0.15, 0.2) is 18.2 Å². The number of amides is 2. The molecule has 72 valence electrons. The molecular weight excluding hydrogens is 182 g/mol. The van der Waals surface area contributed by atoms with Gasteiger partial charge in [0, 0.05) is 17.7 Å². The van der Waals surface area contributed by atoms with Crippen molar-refractivity contribution < 1.29 is 9.59 Å². The average molecular weight is 191 g/mol. The van der Waals surface area contributed by atoms with E-state index in [1.54, 1.807) is 18.2 Å². The molecule has 0 atom stereocenters. The van der Waals surface area contributed by atoms with Crippen LogP contribution >= 0.6 is 0 Å². The molecule has 5 nitrogen and oxygen atoms in total. The summed E-state index contributed by atoms with van der Waals surface area (Å²) in [6.45, 7) is 0.526. The third-order valence-electron chi connectivity index (χ3n) is 2.19. The smallest absolute Gasteiger partial charge is 0.265 e. The molecule has 1 aliphatic heterocycles. The van der Waals surface area contributed by atoms with Crippen LogP contribution in [-0.2, 0) is 6.54 Å². The number of nitrogen functional groups attached to an aromatic ring is 1. The second-order valence-corrected chi connectivity index (χ2v) is 3.03. The molecule has 4 N–H and O–H groups in total. The first-order valence-corrected chi connectivity index (χ1v) is 4.14. The van der Waals surface area contributed by atoms with Crippen LogP contribution in [0.2, 0.25) is 0 Å². The fraction of sp³-hybridized carbons (Fsp3) is 0.111. The van der Waals surface area contributed by atoms with Gasteiger partial charge >= 0.3 is 0 Å². The number of rotatable bonds is 1. The molecule has 5 heteroatoms. The lowest BCUT2D eigenvalue weighted by Crippen LogP contribution is -2.30. The van der Waals surface area contributed by atoms with Crippen LogP contribution in [0.3, 0.4) is 0 Å². The number of hydrazine groups is 1. The molecule has 2 rings (SSSR count). The quantitative estimate of drug-likeness (QED) is 0.319. The van der Waals surface area contributed by atoms with Crippen LogP contribution in [0.25, 0.3) is 0 Å². The average Bonchev–Trinajstić information content (AvgIpc) is 2.59. The van der Waals surface area contributed by atoms with Crippen molar-refractivity contribution in [2.75, 3.05) is 0 Å². The highest BCUT2D eigenvalue weighted by molar-refractivity contribution is 6.02. The first-order chi connectivity index (χ1) is 6.72. The number of hydrogen-bond acceptors (Lipinski definition) is 3. The van der Waals surface area contributed by atoms with Crippen molar-refractivity contribution in [1.82, 2.24) is 10.7 Å². The van der Waals surface area contributed by atoms with Crippen LogP contribution in [0.4, 0.5) is 0 Å². The van der Waals surface area contributed by atoms with E-state index in [2.05, 4.69) is 5.32 Å². The first-order valence-electron chi connectivity index (χ1n) is 4.14. The molecular formula is C9H9N3O2. The van der Waals surface area contributed by atoms with Gasteiger partial charge in [-0.1, -0.05) is 6.07 Å². The normalized spacial score (nSPS) is 13.4. The van der Waals surface area contributed by atoms with Gasteiger partial charge in [-0.05, 0) is 17.7 Å². The number of hydrogen-bond donors (Lipinski definition) is 3. The Balaban J connectivity index is 2.44. The lowest BCUT2D eigenvalue weighted by Gasteiger charge is -2.01. The molecule has 0 saturated carbocycles. The predicted octanol–water partition coefficient (Wildman–Crippen LogP) is -0.467. The largest absolute Gasteiger partial charge is 0.348 e. The van der Waals surface area contributed by atoms with Crippen molar-refractivity contribution >= 4 is 11.8 Å². The van der Waals surface area contributed by atoms with Crippen molar-refractivity contribution in [1.29, 1.82) is 0 Å². The van der Waals surface area contributed by atoms with Crippen molar-refractivity contribution in [2.45, 2.75) is 6.54 Å².